The van der Waals surface area contributed by atoms with Crippen LogP contribution in [0.4, 0.5) is 15.8 Å². The molecule has 0 saturated carbocycles. The average molecular weight is 277 g/mol. The van der Waals surface area contributed by atoms with Crippen LogP contribution in [0.15, 0.2) is 18.2 Å². The molecule has 0 spiro atoms. The van der Waals surface area contributed by atoms with Gasteiger partial charge in [0.15, 0.2) is 0 Å². The van der Waals surface area contributed by atoms with Crippen molar-refractivity contribution in [2.75, 3.05) is 36.8 Å². The standard InChI is InChI=1S/C16H24FN3/c1-2-12-10-20(11-12)14-5-7-19(8-6-14)16-4-3-13(18)9-15(16)17/h3-4,9,12,14H,2,5-8,10-11,18H2,1H3. The number of nitrogen functional groups attached to an aromatic ring is 1. The summed E-state index contributed by atoms with van der Waals surface area (Å²) < 4.78 is 13.9. The van der Waals surface area contributed by atoms with E-state index in [9.17, 15) is 4.39 Å². The fourth-order valence-electron chi connectivity index (χ4n) is 3.42. The zero-order valence-electron chi connectivity index (χ0n) is 12.2. The van der Waals surface area contributed by atoms with Crippen LogP contribution in [0.1, 0.15) is 26.2 Å². The summed E-state index contributed by atoms with van der Waals surface area (Å²) in [7, 11) is 0. The molecule has 1 aromatic carbocycles. The first-order chi connectivity index (χ1) is 9.67. The highest BCUT2D eigenvalue weighted by Gasteiger charge is 2.33. The van der Waals surface area contributed by atoms with E-state index in [1.807, 2.05) is 6.07 Å². The van der Waals surface area contributed by atoms with Crippen LogP contribution < -0.4 is 10.6 Å². The summed E-state index contributed by atoms with van der Waals surface area (Å²) in [6.45, 7) is 6.68. The largest absolute Gasteiger partial charge is 0.399 e. The maximum atomic E-state index is 13.9. The third-order valence-electron chi connectivity index (χ3n) is 4.86. The highest BCUT2D eigenvalue weighted by Crippen LogP contribution is 2.30. The summed E-state index contributed by atoms with van der Waals surface area (Å²) in [6.07, 6.45) is 3.58. The van der Waals surface area contributed by atoms with Crippen LogP contribution in [0.25, 0.3) is 0 Å². The fourth-order valence-corrected chi connectivity index (χ4v) is 3.42. The second-order valence-electron chi connectivity index (χ2n) is 6.16. The number of nitrogens with two attached hydrogens (primary N) is 1. The molecule has 0 unspecified atom stereocenters. The Hall–Kier alpha value is -1.29. The number of likely N-dealkylation sites (tertiary alicyclic amines) is 1. The number of piperidine rings is 1. The molecule has 2 aliphatic rings. The molecular weight excluding hydrogens is 253 g/mol. The Balaban J connectivity index is 1.56. The van der Waals surface area contributed by atoms with Crippen LogP contribution in [-0.4, -0.2) is 37.1 Å². The average Bonchev–Trinajstić information content (AvgIpc) is 2.39. The molecule has 2 heterocycles. The number of anilines is 2. The first-order valence-electron chi connectivity index (χ1n) is 7.71. The molecule has 0 bridgehead atoms. The molecule has 0 aromatic heterocycles. The summed E-state index contributed by atoms with van der Waals surface area (Å²) in [5.74, 6) is 0.709. The van der Waals surface area contributed by atoms with Crippen molar-refractivity contribution in [3.63, 3.8) is 0 Å². The van der Waals surface area contributed by atoms with E-state index in [0.29, 0.717) is 17.4 Å². The first kappa shape index (κ1) is 13.7. The minimum atomic E-state index is -0.196. The monoisotopic (exact) mass is 277 g/mol. The smallest absolute Gasteiger partial charge is 0.148 e. The second-order valence-corrected chi connectivity index (χ2v) is 6.16. The Morgan fingerprint density at radius 2 is 1.95 bits per heavy atom. The van der Waals surface area contributed by atoms with Crippen molar-refractivity contribution >= 4 is 11.4 Å². The van der Waals surface area contributed by atoms with Crippen LogP contribution in [-0.2, 0) is 0 Å². The van der Waals surface area contributed by atoms with Gasteiger partial charge in [-0.05, 0) is 37.0 Å². The van der Waals surface area contributed by atoms with Gasteiger partial charge in [0.2, 0.25) is 0 Å². The van der Waals surface area contributed by atoms with Gasteiger partial charge in [-0.2, -0.15) is 0 Å². The lowest BCUT2D eigenvalue weighted by atomic mass is 9.91. The summed E-state index contributed by atoms with van der Waals surface area (Å²) in [6, 6.07) is 5.71. The molecule has 0 radical (unpaired) electrons. The number of nitrogens with zero attached hydrogens (tertiary/aromatic N) is 2. The topological polar surface area (TPSA) is 32.5 Å². The SMILES string of the molecule is CCC1CN(C2CCN(c3ccc(N)cc3F)CC2)C1. The van der Waals surface area contributed by atoms with Crippen molar-refractivity contribution in [1.29, 1.82) is 0 Å². The molecule has 110 valence electrons. The summed E-state index contributed by atoms with van der Waals surface area (Å²) in [5.41, 5.74) is 6.80. The lowest BCUT2D eigenvalue weighted by molar-refractivity contribution is 0.0395. The predicted molar refractivity (Wildman–Crippen MR) is 81.4 cm³/mol. The van der Waals surface area contributed by atoms with Crippen molar-refractivity contribution in [3.8, 4) is 0 Å². The zero-order chi connectivity index (χ0) is 14.1. The van der Waals surface area contributed by atoms with Gasteiger partial charge in [-0.3, -0.25) is 4.90 Å². The van der Waals surface area contributed by atoms with E-state index in [1.165, 1.54) is 25.6 Å². The molecule has 2 aliphatic heterocycles. The Bertz CT molecular complexity index is 463. The van der Waals surface area contributed by atoms with Crippen LogP contribution in [0, 0.1) is 11.7 Å². The Labute approximate surface area is 120 Å². The third-order valence-corrected chi connectivity index (χ3v) is 4.86. The molecule has 2 saturated heterocycles. The van der Waals surface area contributed by atoms with Gasteiger partial charge in [-0.25, -0.2) is 4.39 Å². The Morgan fingerprint density at radius 3 is 2.55 bits per heavy atom. The zero-order valence-corrected chi connectivity index (χ0v) is 12.2. The highest BCUT2D eigenvalue weighted by molar-refractivity contribution is 5.54. The Kier molecular flexibility index (Phi) is 3.83. The number of halogens is 1. The van der Waals surface area contributed by atoms with Gasteiger partial charge >= 0.3 is 0 Å². The quantitative estimate of drug-likeness (QED) is 0.862. The third kappa shape index (κ3) is 2.62. The van der Waals surface area contributed by atoms with E-state index in [4.69, 9.17) is 5.73 Å². The van der Waals surface area contributed by atoms with Crippen molar-refractivity contribution in [3.05, 3.63) is 24.0 Å². The molecule has 1 aromatic rings. The van der Waals surface area contributed by atoms with Crippen LogP contribution in [0.3, 0.4) is 0 Å². The van der Waals surface area contributed by atoms with E-state index in [2.05, 4.69) is 16.7 Å². The van der Waals surface area contributed by atoms with Crippen molar-refractivity contribution in [2.45, 2.75) is 32.2 Å². The lowest BCUT2D eigenvalue weighted by Crippen LogP contribution is -2.55. The minimum absolute atomic E-state index is 0.196. The molecule has 20 heavy (non-hydrogen) atoms. The van der Waals surface area contributed by atoms with Crippen LogP contribution >= 0.6 is 0 Å². The number of hydrogen-bond donors (Lipinski definition) is 1. The van der Waals surface area contributed by atoms with Crippen LogP contribution in [0.2, 0.25) is 0 Å². The van der Waals surface area contributed by atoms with E-state index < -0.39 is 0 Å². The number of benzene rings is 1. The molecule has 2 fully saturated rings. The van der Waals surface area contributed by atoms with Gasteiger partial charge in [0.25, 0.3) is 0 Å². The van der Waals surface area contributed by atoms with Crippen molar-refractivity contribution in [1.82, 2.24) is 4.90 Å². The van der Waals surface area contributed by atoms with Gasteiger partial charge in [-0.15, -0.1) is 0 Å². The van der Waals surface area contributed by atoms with Gasteiger partial charge in [0.05, 0.1) is 5.69 Å². The normalized spacial score (nSPS) is 22.0. The van der Waals surface area contributed by atoms with E-state index in [0.717, 1.165) is 31.8 Å². The summed E-state index contributed by atoms with van der Waals surface area (Å²) >= 11 is 0. The molecule has 4 heteroatoms. The summed E-state index contributed by atoms with van der Waals surface area (Å²) in [5, 5.41) is 0. The second kappa shape index (κ2) is 5.60. The van der Waals surface area contributed by atoms with E-state index in [-0.39, 0.29) is 5.82 Å². The highest BCUT2D eigenvalue weighted by atomic mass is 19.1. The van der Waals surface area contributed by atoms with E-state index in [1.54, 1.807) is 6.07 Å². The summed E-state index contributed by atoms with van der Waals surface area (Å²) in [4.78, 5) is 4.76. The lowest BCUT2D eigenvalue weighted by Gasteiger charge is -2.47. The molecular formula is C16H24FN3. The number of hydrogen-bond acceptors (Lipinski definition) is 3. The fraction of sp³-hybridized carbons (Fsp3) is 0.625. The molecule has 0 aliphatic carbocycles. The van der Waals surface area contributed by atoms with Gasteiger partial charge in [0.1, 0.15) is 5.82 Å². The Morgan fingerprint density at radius 1 is 1.25 bits per heavy atom. The number of rotatable bonds is 3. The minimum Gasteiger partial charge on any atom is -0.399 e. The molecule has 3 nitrogen and oxygen atoms in total. The first-order valence-corrected chi connectivity index (χ1v) is 7.71. The maximum absolute atomic E-state index is 13.9. The molecule has 0 atom stereocenters. The van der Waals surface area contributed by atoms with Gasteiger partial charge in [-0.1, -0.05) is 13.3 Å². The molecule has 0 amide bonds. The maximum Gasteiger partial charge on any atom is 0.148 e. The van der Waals surface area contributed by atoms with E-state index >= 15 is 0 Å². The molecule has 3 rings (SSSR count). The van der Waals surface area contributed by atoms with Crippen molar-refractivity contribution in [2.24, 2.45) is 5.92 Å². The predicted octanol–water partition coefficient (Wildman–Crippen LogP) is 2.72. The van der Waals surface area contributed by atoms with Crippen molar-refractivity contribution < 1.29 is 4.39 Å². The van der Waals surface area contributed by atoms with Gasteiger partial charge < -0.3 is 10.6 Å². The van der Waals surface area contributed by atoms with Gasteiger partial charge in [0, 0.05) is 37.9 Å². The molecule has 2 N–H and O–H groups in total. The van der Waals surface area contributed by atoms with Crippen LogP contribution in [0.5, 0.6) is 0 Å².